The number of halogens is 8. The number of aromatic nitrogens is 2. The van der Waals surface area contributed by atoms with E-state index >= 15 is 0 Å². The van der Waals surface area contributed by atoms with Crippen molar-refractivity contribution in [2.45, 2.75) is 66.2 Å². The van der Waals surface area contributed by atoms with Crippen molar-refractivity contribution in [1.29, 1.82) is 0 Å². The fraction of sp³-hybridized carbons (Fsp3) is 0.387. The zero-order valence-corrected chi connectivity index (χ0v) is 65.4. The van der Waals surface area contributed by atoms with Crippen molar-refractivity contribution in [2.24, 2.45) is 44.9 Å². The molecule has 434 valence electrons. The van der Waals surface area contributed by atoms with Crippen molar-refractivity contribution >= 4 is 164 Å². The molecule has 0 atom stereocenters. The molecule has 10 rings (SSSR count). The maximum absolute atomic E-state index is 7.06. The van der Waals surface area contributed by atoms with E-state index in [-0.39, 0.29) is 74.5 Å². The number of aliphatic imine (C=N–C) groups is 4. The summed E-state index contributed by atoms with van der Waals surface area (Å²) in [6.45, 7) is 21.2. The summed E-state index contributed by atoms with van der Waals surface area (Å²) >= 11 is 23.6. The molecule has 81 heavy (non-hydrogen) atoms. The summed E-state index contributed by atoms with van der Waals surface area (Å²) in [7, 11) is 14.8. The summed E-state index contributed by atoms with van der Waals surface area (Å²) in [5.74, 6) is 4.09. The number of rotatable bonds is 6. The van der Waals surface area contributed by atoms with Crippen molar-refractivity contribution < 1.29 is 42.5 Å². The second-order valence-electron chi connectivity index (χ2n) is 23.6. The average Bonchev–Trinajstić information content (AvgIpc) is 4.27. The fourth-order valence-electron chi connectivity index (χ4n) is 11.0. The fourth-order valence-corrected chi connectivity index (χ4v) is 11.5. The van der Waals surface area contributed by atoms with Crippen molar-refractivity contribution in [3.63, 3.8) is 0 Å². The first kappa shape index (κ1) is 70.7. The molecule has 8 aliphatic rings. The summed E-state index contributed by atoms with van der Waals surface area (Å²) < 4.78 is 5.01. The van der Waals surface area contributed by atoms with Gasteiger partial charge in [-0.25, -0.2) is 19.1 Å². The van der Waals surface area contributed by atoms with E-state index in [0.29, 0.717) is 0 Å². The Morgan fingerprint density at radius 3 is 1.42 bits per heavy atom. The van der Waals surface area contributed by atoms with E-state index in [1.165, 1.54) is 22.3 Å². The summed E-state index contributed by atoms with van der Waals surface area (Å²) in [5, 5.41) is 1.66. The predicted octanol–water partition coefficient (Wildman–Crippen LogP) is 12.5. The predicted molar refractivity (Wildman–Crippen MR) is 381 cm³/mol. The minimum atomic E-state index is -0.278. The van der Waals surface area contributed by atoms with Gasteiger partial charge in [0.05, 0.1) is 79.0 Å². The van der Waals surface area contributed by atoms with Crippen LogP contribution in [-0.2, 0) is 29.8 Å². The molecule has 0 N–H and O–H groups in total. The summed E-state index contributed by atoms with van der Waals surface area (Å²) in [6, 6.07) is 8.52. The van der Waals surface area contributed by atoms with Crippen LogP contribution in [0.15, 0.2) is 197 Å². The Kier molecular flexibility index (Phi) is 25.2. The minimum absolute atomic E-state index is 0. The zero-order chi connectivity index (χ0) is 58.2. The van der Waals surface area contributed by atoms with Crippen LogP contribution in [0, 0.1) is 10.8 Å². The number of hydrogen-bond acceptors (Lipinski definition) is 7. The van der Waals surface area contributed by atoms with Gasteiger partial charge in [-0.1, -0.05) is 104 Å². The van der Waals surface area contributed by atoms with Crippen LogP contribution in [0.2, 0.25) is 0 Å². The van der Waals surface area contributed by atoms with E-state index in [4.69, 9.17) is 43.2 Å². The molecule has 10 heterocycles. The van der Waals surface area contributed by atoms with Gasteiger partial charge in [-0.05, 0) is 128 Å². The molecule has 0 unspecified atom stereocenters. The van der Waals surface area contributed by atoms with Crippen LogP contribution >= 0.6 is 130 Å². The summed E-state index contributed by atoms with van der Waals surface area (Å²) in [6.07, 6.45) is 33.9. The SMILES string of the molecule is CI.CN1C=CC=C2C1=N/C(=C/C=C1\C[N+](C)(C)CC(/C=C/C3=Nc4c(ccc[n+]4C)C3(C)C)=C1Cl)C2(C)C.CN1CC(/C=C/C2=Nc3c(ccc[n+]3C)C2(C)C)=C(Cl)C(=C/C=C2/N=C3C(=CC=CN3C)C2(C)C)/C1.I.[I-].[I][V]([I])[I]. The molecular formula is C62H77Cl2I6N10V+2. The van der Waals surface area contributed by atoms with E-state index < -0.39 is 0 Å². The molecule has 0 saturated carbocycles. The van der Waals surface area contributed by atoms with Crippen molar-refractivity contribution in [2.75, 3.05) is 66.3 Å². The van der Waals surface area contributed by atoms with Crippen LogP contribution in [0.25, 0.3) is 0 Å². The van der Waals surface area contributed by atoms with Crippen molar-refractivity contribution in [3.8, 4) is 0 Å². The molecule has 0 radical (unpaired) electrons. The average molecular weight is 1850 g/mol. The Bertz CT molecular complexity index is 3320. The van der Waals surface area contributed by atoms with Crippen LogP contribution in [-0.4, -0.2) is 109 Å². The molecule has 0 fully saturated rings. The van der Waals surface area contributed by atoms with Gasteiger partial charge >= 0.3 is 76.5 Å². The number of allylic oxidation sites excluding steroid dienone is 12. The number of fused-ring (bicyclic) bond motifs is 4. The van der Waals surface area contributed by atoms with E-state index in [0.717, 1.165) is 109 Å². The van der Waals surface area contributed by atoms with E-state index in [1.54, 1.807) is 0 Å². The molecule has 2 aromatic heterocycles. The molecule has 0 bridgehead atoms. The molecule has 0 saturated heterocycles. The van der Waals surface area contributed by atoms with Crippen LogP contribution in [0.3, 0.4) is 0 Å². The van der Waals surface area contributed by atoms with Gasteiger partial charge in [0.25, 0.3) is 0 Å². The first-order valence-electron chi connectivity index (χ1n) is 26.3. The Hall–Kier alpha value is -1.08. The number of likely N-dealkylation sites (N-methyl/N-ethyl adjacent to an activating group) is 4. The van der Waals surface area contributed by atoms with Crippen molar-refractivity contribution in [3.05, 3.63) is 188 Å². The number of alkyl halides is 1. The van der Waals surface area contributed by atoms with Gasteiger partial charge in [0.2, 0.25) is 0 Å². The van der Waals surface area contributed by atoms with E-state index in [9.17, 15) is 0 Å². The topological polar surface area (TPSA) is 66.9 Å². The molecule has 0 amide bonds. The zero-order valence-electron chi connectivity index (χ0n) is 49.3. The molecule has 0 spiro atoms. The first-order chi connectivity index (χ1) is 37.0. The Morgan fingerprint density at radius 2 is 1.00 bits per heavy atom. The molecule has 8 aliphatic heterocycles. The second-order valence-corrected chi connectivity index (χ2v) is 59.7. The first-order valence-corrected chi connectivity index (χ1v) is 42.7. The van der Waals surface area contributed by atoms with E-state index in [1.807, 2.05) is 57.9 Å². The summed E-state index contributed by atoms with van der Waals surface area (Å²) in [5.41, 5.74) is 13.1. The standard InChI is InChI=1S/C31H38ClN5.C30H35ClN5.CH3I.5HI.V/c1-30(2)23-11-9-17-35(5)28(23)33-25(30)15-13-21-19-37(7,8)20-22(27(21)32)14-16-26-31(3,4)24-12-10-18-36(6)29(24)34-26;1-29(2)22-10-8-16-35(6)27(22)32-24(29)14-12-20-18-34(5)19-21(26(20)31)13-15-25-30(3,4)23-11-9-17-36(7)28(23)33-25;1-2;;;;;;/h9-18H,19-20H2,1-8H3;8-17H,18-19H2,1-7H3;1H3;5*1H;/q+2;+1;;;;;;;+3/p-4. The van der Waals surface area contributed by atoms with Crippen LogP contribution in [0.5, 0.6) is 0 Å². The third-order valence-electron chi connectivity index (χ3n) is 15.7. The maximum atomic E-state index is 7.06. The van der Waals surface area contributed by atoms with Crippen LogP contribution < -0.4 is 33.1 Å². The molecule has 19 heteroatoms. The normalized spacial score (nSPS) is 23.3. The number of quaternary nitrogens is 1. The number of hydrogen-bond donors (Lipinski definition) is 0. The molecular weight excluding hydrogens is 1770 g/mol. The molecule has 2 aromatic rings. The van der Waals surface area contributed by atoms with Gasteiger partial charge in [0.1, 0.15) is 24.8 Å². The van der Waals surface area contributed by atoms with E-state index in [2.05, 4.69) is 280 Å². The Balaban J connectivity index is 0.000000265. The Labute approximate surface area is 579 Å². The monoisotopic (exact) mass is 1840 g/mol. The number of aryl methyl sites for hydroxylation is 2. The van der Waals surface area contributed by atoms with Gasteiger partial charge in [-0.15, -0.1) is 24.0 Å². The number of nitrogens with zero attached hydrogens (tertiary/aromatic N) is 10. The van der Waals surface area contributed by atoms with Gasteiger partial charge in [-0.3, -0.25) is 4.90 Å². The summed E-state index contributed by atoms with van der Waals surface area (Å²) in [4.78, 5) is 28.0. The van der Waals surface area contributed by atoms with Gasteiger partial charge in [0.15, 0.2) is 11.4 Å². The van der Waals surface area contributed by atoms with Crippen molar-refractivity contribution in [1.82, 2.24) is 14.7 Å². The van der Waals surface area contributed by atoms with Gasteiger partial charge in [0, 0.05) is 77.7 Å². The molecule has 0 aliphatic carbocycles. The van der Waals surface area contributed by atoms with Crippen LogP contribution in [0.4, 0.5) is 11.6 Å². The third-order valence-corrected chi connectivity index (χ3v) is 16.7. The number of amidine groups is 2. The van der Waals surface area contributed by atoms with Crippen LogP contribution in [0.1, 0.15) is 66.5 Å². The Morgan fingerprint density at radius 1 is 0.593 bits per heavy atom. The molecule has 0 aromatic carbocycles. The van der Waals surface area contributed by atoms with Gasteiger partial charge < -0.3 is 38.3 Å². The quantitative estimate of drug-likeness (QED) is 0.125. The number of pyridine rings is 2. The second kappa shape index (κ2) is 28.8. The van der Waals surface area contributed by atoms with Gasteiger partial charge in [-0.2, -0.15) is 0 Å². The third kappa shape index (κ3) is 15.6. The molecule has 10 nitrogen and oxygen atoms in total.